The molecule has 1 unspecified atom stereocenters. The van der Waals surface area contributed by atoms with E-state index < -0.39 is 10.1 Å². The van der Waals surface area contributed by atoms with Crippen molar-refractivity contribution in [1.29, 1.82) is 0 Å². The van der Waals surface area contributed by atoms with Crippen molar-refractivity contribution >= 4 is 10.1 Å². The van der Waals surface area contributed by atoms with E-state index in [1.165, 1.54) is 0 Å². The highest BCUT2D eigenvalue weighted by Crippen LogP contribution is 1.93. The van der Waals surface area contributed by atoms with Crippen LogP contribution in [-0.4, -0.2) is 43.5 Å². The van der Waals surface area contributed by atoms with Gasteiger partial charge < -0.3 is 10.4 Å². The van der Waals surface area contributed by atoms with Crippen molar-refractivity contribution in [3.05, 3.63) is 0 Å². The quantitative estimate of drug-likeness (QED) is 0.468. The average molecular weight is 183 g/mol. The zero-order valence-electron chi connectivity index (χ0n) is 6.32. The van der Waals surface area contributed by atoms with E-state index in [1.807, 2.05) is 0 Å². The summed E-state index contributed by atoms with van der Waals surface area (Å²) < 4.78 is 28.7. The molecule has 0 aliphatic carbocycles. The average Bonchev–Trinajstić information content (AvgIpc) is 1.88. The Bertz CT molecular complexity index is 185. The van der Waals surface area contributed by atoms with E-state index in [9.17, 15) is 8.42 Å². The SMILES string of the molecule is CNC(CO)CCS(=O)(=O)O. The lowest BCUT2D eigenvalue weighted by molar-refractivity contribution is 0.245. The smallest absolute Gasteiger partial charge is 0.264 e. The Labute approximate surface area is 66.2 Å². The molecule has 1 atom stereocenters. The second kappa shape index (κ2) is 4.66. The van der Waals surface area contributed by atoms with Gasteiger partial charge in [0.25, 0.3) is 10.1 Å². The van der Waals surface area contributed by atoms with E-state index >= 15 is 0 Å². The second-order valence-corrected chi connectivity index (χ2v) is 3.81. The molecular weight excluding hydrogens is 170 g/mol. The number of aliphatic hydroxyl groups excluding tert-OH is 1. The summed E-state index contributed by atoms with van der Waals surface area (Å²) in [6, 6.07) is -0.267. The molecule has 11 heavy (non-hydrogen) atoms. The fourth-order valence-corrected chi connectivity index (χ4v) is 1.20. The van der Waals surface area contributed by atoms with Crippen molar-refractivity contribution in [3.63, 3.8) is 0 Å². The highest BCUT2D eigenvalue weighted by Gasteiger charge is 2.09. The molecular formula is C5H13NO4S. The number of likely N-dealkylation sites (N-methyl/N-ethyl adjacent to an activating group) is 1. The van der Waals surface area contributed by atoms with E-state index in [4.69, 9.17) is 9.66 Å². The molecule has 0 aromatic rings. The van der Waals surface area contributed by atoms with Gasteiger partial charge >= 0.3 is 0 Å². The Balaban J connectivity index is 3.69. The normalized spacial score (nSPS) is 14.8. The fourth-order valence-electron chi connectivity index (χ4n) is 0.618. The van der Waals surface area contributed by atoms with Gasteiger partial charge in [0.2, 0.25) is 0 Å². The lowest BCUT2D eigenvalue weighted by atomic mass is 10.2. The van der Waals surface area contributed by atoms with Crippen LogP contribution in [0.3, 0.4) is 0 Å². The Hall–Kier alpha value is -0.170. The lowest BCUT2D eigenvalue weighted by Gasteiger charge is -2.10. The highest BCUT2D eigenvalue weighted by molar-refractivity contribution is 7.85. The van der Waals surface area contributed by atoms with Crippen molar-refractivity contribution in [2.24, 2.45) is 0 Å². The molecule has 0 fully saturated rings. The summed E-state index contributed by atoms with van der Waals surface area (Å²) in [6.07, 6.45) is 0.214. The molecule has 0 radical (unpaired) electrons. The molecule has 6 heteroatoms. The first-order valence-electron chi connectivity index (χ1n) is 3.23. The first-order chi connectivity index (χ1) is 4.99. The summed E-state index contributed by atoms with van der Waals surface area (Å²) in [7, 11) is -2.27. The third-order valence-corrected chi connectivity index (χ3v) is 2.10. The summed E-state index contributed by atoms with van der Waals surface area (Å²) in [4.78, 5) is 0. The summed E-state index contributed by atoms with van der Waals surface area (Å²) in [6.45, 7) is -0.133. The van der Waals surface area contributed by atoms with Crippen molar-refractivity contribution in [1.82, 2.24) is 5.32 Å². The van der Waals surface area contributed by atoms with Gasteiger partial charge in [-0.25, -0.2) is 0 Å². The fraction of sp³-hybridized carbons (Fsp3) is 1.00. The number of aliphatic hydroxyl groups is 1. The Kier molecular flexibility index (Phi) is 4.58. The zero-order chi connectivity index (χ0) is 8.91. The molecule has 0 aliphatic heterocycles. The van der Waals surface area contributed by atoms with Crippen LogP contribution in [0, 0.1) is 0 Å². The predicted octanol–water partition coefficient (Wildman–Crippen LogP) is -1.16. The van der Waals surface area contributed by atoms with Crippen LogP contribution in [0.5, 0.6) is 0 Å². The first kappa shape index (κ1) is 10.8. The Morgan fingerprint density at radius 3 is 2.36 bits per heavy atom. The highest BCUT2D eigenvalue weighted by atomic mass is 32.2. The monoisotopic (exact) mass is 183 g/mol. The number of nitrogens with one attached hydrogen (secondary N) is 1. The minimum Gasteiger partial charge on any atom is -0.395 e. The Morgan fingerprint density at radius 1 is 1.55 bits per heavy atom. The van der Waals surface area contributed by atoms with E-state index in [0.717, 1.165) is 0 Å². The minimum atomic E-state index is -3.89. The molecule has 0 amide bonds. The van der Waals surface area contributed by atoms with Gasteiger partial charge in [0.15, 0.2) is 0 Å². The van der Waals surface area contributed by atoms with Crippen LogP contribution in [0.1, 0.15) is 6.42 Å². The van der Waals surface area contributed by atoms with Crippen LogP contribution in [0.4, 0.5) is 0 Å². The summed E-state index contributed by atoms with van der Waals surface area (Å²) >= 11 is 0. The van der Waals surface area contributed by atoms with Crippen LogP contribution in [0.25, 0.3) is 0 Å². The van der Waals surface area contributed by atoms with E-state index in [-0.39, 0.29) is 24.8 Å². The molecule has 0 saturated heterocycles. The molecule has 3 N–H and O–H groups in total. The molecule has 0 spiro atoms. The van der Waals surface area contributed by atoms with Crippen LogP contribution in [0.2, 0.25) is 0 Å². The number of hydrogen-bond acceptors (Lipinski definition) is 4. The number of rotatable bonds is 5. The van der Waals surface area contributed by atoms with Gasteiger partial charge in [-0.1, -0.05) is 0 Å². The molecule has 0 rings (SSSR count). The van der Waals surface area contributed by atoms with Gasteiger partial charge in [0.1, 0.15) is 0 Å². The lowest BCUT2D eigenvalue weighted by Crippen LogP contribution is -2.31. The van der Waals surface area contributed by atoms with Gasteiger partial charge in [-0.15, -0.1) is 0 Å². The maximum atomic E-state index is 10.2. The molecule has 0 aromatic carbocycles. The van der Waals surface area contributed by atoms with Gasteiger partial charge in [-0.3, -0.25) is 4.55 Å². The molecule has 68 valence electrons. The van der Waals surface area contributed by atoms with Crippen LogP contribution >= 0.6 is 0 Å². The van der Waals surface area contributed by atoms with Gasteiger partial charge in [-0.2, -0.15) is 8.42 Å². The largest absolute Gasteiger partial charge is 0.395 e. The number of hydrogen-bond donors (Lipinski definition) is 3. The van der Waals surface area contributed by atoms with E-state index in [1.54, 1.807) is 7.05 Å². The second-order valence-electron chi connectivity index (χ2n) is 2.24. The van der Waals surface area contributed by atoms with Crippen molar-refractivity contribution in [2.45, 2.75) is 12.5 Å². The molecule has 0 heterocycles. The van der Waals surface area contributed by atoms with Crippen molar-refractivity contribution in [3.8, 4) is 0 Å². The van der Waals surface area contributed by atoms with Crippen LogP contribution in [-0.2, 0) is 10.1 Å². The van der Waals surface area contributed by atoms with Gasteiger partial charge in [-0.05, 0) is 13.5 Å². The maximum absolute atomic E-state index is 10.2. The molecule has 0 bridgehead atoms. The molecule has 0 saturated carbocycles. The predicted molar refractivity (Wildman–Crippen MR) is 41.0 cm³/mol. The molecule has 5 nitrogen and oxygen atoms in total. The van der Waals surface area contributed by atoms with E-state index in [0.29, 0.717) is 0 Å². The third-order valence-electron chi connectivity index (χ3n) is 1.35. The zero-order valence-corrected chi connectivity index (χ0v) is 7.13. The van der Waals surface area contributed by atoms with Crippen molar-refractivity contribution in [2.75, 3.05) is 19.4 Å². The van der Waals surface area contributed by atoms with Gasteiger partial charge in [0, 0.05) is 6.04 Å². The third kappa shape index (κ3) is 6.24. The van der Waals surface area contributed by atoms with Crippen molar-refractivity contribution < 1.29 is 18.1 Å². The topological polar surface area (TPSA) is 86.6 Å². The summed E-state index contributed by atoms with van der Waals surface area (Å²) in [5.41, 5.74) is 0. The standard InChI is InChI=1S/C5H13NO4S/c1-6-5(4-7)2-3-11(8,9)10/h5-7H,2-4H2,1H3,(H,8,9,10). The minimum absolute atomic E-state index is 0.133. The first-order valence-corrected chi connectivity index (χ1v) is 4.84. The maximum Gasteiger partial charge on any atom is 0.264 e. The van der Waals surface area contributed by atoms with Crippen LogP contribution < -0.4 is 5.32 Å². The van der Waals surface area contributed by atoms with Crippen LogP contribution in [0.15, 0.2) is 0 Å². The summed E-state index contributed by atoms with van der Waals surface area (Å²) in [5, 5.41) is 11.3. The van der Waals surface area contributed by atoms with E-state index in [2.05, 4.69) is 5.32 Å². The summed E-state index contributed by atoms with van der Waals surface area (Å²) in [5.74, 6) is -0.320. The molecule has 0 aliphatic rings. The Morgan fingerprint density at radius 2 is 2.09 bits per heavy atom. The van der Waals surface area contributed by atoms with Gasteiger partial charge in [0.05, 0.1) is 12.4 Å². The molecule has 0 aromatic heterocycles.